The van der Waals surface area contributed by atoms with E-state index in [1.165, 1.54) is 23.6 Å². The lowest BCUT2D eigenvalue weighted by Gasteiger charge is -2.15. The second kappa shape index (κ2) is 8.39. The zero-order valence-electron chi connectivity index (χ0n) is 13.6. The van der Waals surface area contributed by atoms with Crippen molar-refractivity contribution in [3.63, 3.8) is 0 Å². The normalized spacial score (nSPS) is 11.8. The number of hydrogen-bond donors (Lipinski definition) is 1. The number of carbonyl (C=O) groups is 2. The molecule has 1 atom stereocenters. The van der Waals surface area contributed by atoms with Crippen molar-refractivity contribution < 1.29 is 14.3 Å². The lowest BCUT2D eigenvalue weighted by Crippen LogP contribution is -2.32. The highest BCUT2D eigenvalue weighted by molar-refractivity contribution is 7.16. The Morgan fingerprint density at radius 1 is 1.31 bits per heavy atom. The van der Waals surface area contributed by atoms with Crippen LogP contribution in [0.2, 0.25) is 5.15 Å². The lowest BCUT2D eigenvalue weighted by atomic mass is 10.2. The molecule has 1 unspecified atom stereocenters. The second-order valence-corrected chi connectivity index (χ2v) is 7.31. The maximum absolute atomic E-state index is 12.4. The van der Waals surface area contributed by atoms with Gasteiger partial charge in [-0.25, -0.2) is 14.8 Å². The monoisotopic (exact) mass is 407 g/mol. The SMILES string of the molecule is CCC(OC(=O)c1cccnc1Cl)C(=O)Nc1nc(-c2cccs2)cs1. The third-order valence-electron chi connectivity index (χ3n) is 3.40. The van der Waals surface area contributed by atoms with Gasteiger partial charge in [-0.05, 0) is 30.0 Å². The fraction of sp³-hybridized carbons (Fsp3) is 0.176. The van der Waals surface area contributed by atoms with Gasteiger partial charge < -0.3 is 4.74 Å². The molecule has 3 aromatic heterocycles. The Morgan fingerprint density at radius 3 is 2.85 bits per heavy atom. The summed E-state index contributed by atoms with van der Waals surface area (Å²) in [5.74, 6) is -1.13. The van der Waals surface area contributed by atoms with E-state index >= 15 is 0 Å². The summed E-state index contributed by atoms with van der Waals surface area (Å²) in [5, 5.41) is 7.01. The lowest BCUT2D eigenvalue weighted by molar-refractivity contribution is -0.124. The van der Waals surface area contributed by atoms with Crippen LogP contribution in [-0.2, 0) is 9.53 Å². The van der Waals surface area contributed by atoms with Gasteiger partial charge in [0, 0.05) is 11.6 Å². The average Bonchev–Trinajstić information content (AvgIpc) is 3.31. The Bertz CT molecular complexity index is 912. The molecule has 0 saturated carbocycles. The van der Waals surface area contributed by atoms with Crippen molar-refractivity contribution >= 4 is 51.3 Å². The van der Waals surface area contributed by atoms with Crippen LogP contribution in [0, 0.1) is 0 Å². The van der Waals surface area contributed by atoms with E-state index in [9.17, 15) is 9.59 Å². The number of esters is 1. The molecule has 0 fully saturated rings. The number of thiazole rings is 1. The molecule has 3 aromatic rings. The molecule has 0 aliphatic rings. The fourth-order valence-corrected chi connectivity index (χ4v) is 3.78. The van der Waals surface area contributed by atoms with E-state index in [1.54, 1.807) is 24.3 Å². The smallest absolute Gasteiger partial charge is 0.342 e. The summed E-state index contributed by atoms with van der Waals surface area (Å²) < 4.78 is 5.28. The van der Waals surface area contributed by atoms with E-state index in [4.69, 9.17) is 16.3 Å². The zero-order valence-corrected chi connectivity index (χ0v) is 16.0. The topological polar surface area (TPSA) is 81.2 Å². The molecule has 1 N–H and O–H groups in total. The fourth-order valence-electron chi connectivity index (χ4n) is 2.11. The minimum absolute atomic E-state index is 0.0354. The zero-order chi connectivity index (χ0) is 18.5. The molecule has 6 nitrogen and oxygen atoms in total. The molecule has 3 heterocycles. The number of anilines is 1. The molecule has 9 heteroatoms. The van der Waals surface area contributed by atoms with E-state index in [0.29, 0.717) is 11.6 Å². The summed E-state index contributed by atoms with van der Waals surface area (Å²) in [4.78, 5) is 33.9. The molecule has 0 aliphatic heterocycles. The molecule has 0 aliphatic carbocycles. The van der Waals surface area contributed by atoms with E-state index in [2.05, 4.69) is 15.3 Å². The van der Waals surface area contributed by atoms with Crippen molar-refractivity contribution in [2.24, 2.45) is 0 Å². The highest BCUT2D eigenvalue weighted by Gasteiger charge is 2.24. The molecule has 0 spiro atoms. The Hall–Kier alpha value is -2.29. The molecular formula is C17H14ClN3O3S2. The van der Waals surface area contributed by atoms with Crippen molar-refractivity contribution in [2.45, 2.75) is 19.4 Å². The Labute approximate surface area is 162 Å². The molecule has 0 radical (unpaired) electrons. The minimum atomic E-state index is -0.951. The molecule has 3 rings (SSSR count). The van der Waals surface area contributed by atoms with Gasteiger partial charge in [0.1, 0.15) is 5.15 Å². The van der Waals surface area contributed by atoms with Gasteiger partial charge in [0.05, 0.1) is 16.1 Å². The molecule has 0 aromatic carbocycles. The van der Waals surface area contributed by atoms with Crippen LogP contribution in [-0.4, -0.2) is 27.9 Å². The maximum atomic E-state index is 12.4. The number of hydrogen-bond acceptors (Lipinski definition) is 7. The molecule has 0 saturated heterocycles. The number of nitrogens with one attached hydrogen (secondary N) is 1. The van der Waals surface area contributed by atoms with Crippen molar-refractivity contribution in [1.29, 1.82) is 0 Å². The van der Waals surface area contributed by atoms with E-state index < -0.39 is 18.0 Å². The highest BCUT2D eigenvalue weighted by atomic mass is 35.5. The van der Waals surface area contributed by atoms with Crippen LogP contribution in [0.5, 0.6) is 0 Å². The van der Waals surface area contributed by atoms with Crippen molar-refractivity contribution in [2.75, 3.05) is 5.32 Å². The van der Waals surface area contributed by atoms with Crippen LogP contribution in [0.4, 0.5) is 5.13 Å². The number of ether oxygens (including phenoxy) is 1. The molecule has 134 valence electrons. The number of nitrogens with zero attached hydrogens (tertiary/aromatic N) is 2. The Balaban J connectivity index is 1.66. The standard InChI is InChI=1S/C17H14ClN3O3S2/c1-2-12(24-16(23)10-5-3-7-19-14(10)18)15(22)21-17-20-11(9-26-17)13-6-4-8-25-13/h3-9,12H,2H2,1H3,(H,20,21,22). The summed E-state index contributed by atoms with van der Waals surface area (Å²) >= 11 is 8.77. The van der Waals surface area contributed by atoms with Crippen molar-refractivity contribution in [3.05, 3.63) is 51.9 Å². The quantitative estimate of drug-likeness (QED) is 0.480. The van der Waals surface area contributed by atoms with E-state index in [0.717, 1.165) is 10.6 Å². The summed E-state index contributed by atoms with van der Waals surface area (Å²) in [5.41, 5.74) is 0.919. The van der Waals surface area contributed by atoms with Crippen LogP contribution in [0.1, 0.15) is 23.7 Å². The van der Waals surface area contributed by atoms with Crippen molar-refractivity contribution in [1.82, 2.24) is 9.97 Å². The van der Waals surface area contributed by atoms with Crippen LogP contribution in [0.15, 0.2) is 41.2 Å². The van der Waals surface area contributed by atoms with Gasteiger partial charge in [-0.1, -0.05) is 24.6 Å². The van der Waals surface area contributed by atoms with Gasteiger partial charge in [0.25, 0.3) is 5.91 Å². The summed E-state index contributed by atoms with van der Waals surface area (Å²) in [6.45, 7) is 1.75. The van der Waals surface area contributed by atoms with Gasteiger partial charge in [0.15, 0.2) is 11.2 Å². The second-order valence-electron chi connectivity index (χ2n) is 5.15. The first-order valence-electron chi connectivity index (χ1n) is 7.70. The number of rotatable bonds is 6. The van der Waals surface area contributed by atoms with Crippen LogP contribution in [0.3, 0.4) is 0 Å². The number of aromatic nitrogens is 2. The third-order valence-corrected chi connectivity index (χ3v) is 5.35. The third kappa shape index (κ3) is 4.27. The first-order chi connectivity index (χ1) is 12.6. The van der Waals surface area contributed by atoms with Crippen LogP contribution >= 0.6 is 34.3 Å². The predicted molar refractivity (Wildman–Crippen MR) is 103 cm³/mol. The molecule has 26 heavy (non-hydrogen) atoms. The molecule has 1 amide bonds. The molecular weight excluding hydrogens is 394 g/mol. The first kappa shape index (κ1) is 18.5. The van der Waals surface area contributed by atoms with Crippen LogP contribution in [0.25, 0.3) is 10.6 Å². The van der Waals surface area contributed by atoms with E-state index in [1.807, 2.05) is 22.9 Å². The predicted octanol–water partition coefficient (Wildman–Crippen LogP) is 4.49. The number of carbonyl (C=O) groups excluding carboxylic acids is 2. The van der Waals surface area contributed by atoms with Gasteiger partial charge in [-0.3, -0.25) is 10.1 Å². The summed E-state index contributed by atoms with van der Waals surface area (Å²) in [6, 6.07) is 6.97. The number of amides is 1. The van der Waals surface area contributed by atoms with Gasteiger partial charge in [0.2, 0.25) is 0 Å². The number of pyridine rings is 1. The Kier molecular flexibility index (Phi) is 5.97. The van der Waals surface area contributed by atoms with E-state index in [-0.39, 0.29) is 10.7 Å². The van der Waals surface area contributed by atoms with Crippen molar-refractivity contribution in [3.8, 4) is 10.6 Å². The maximum Gasteiger partial charge on any atom is 0.342 e. The summed E-state index contributed by atoms with van der Waals surface area (Å²) in [7, 11) is 0. The van der Waals surface area contributed by atoms with Gasteiger partial charge >= 0.3 is 5.97 Å². The first-order valence-corrected chi connectivity index (χ1v) is 9.84. The average molecular weight is 408 g/mol. The number of halogens is 1. The minimum Gasteiger partial charge on any atom is -0.449 e. The highest BCUT2D eigenvalue weighted by Crippen LogP contribution is 2.28. The Morgan fingerprint density at radius 2 is 2.15 bits per heavy atom. The van der Waals surface area contributed by atoms with Crippen LogP contribution < -0.4 is 5.32 Å². The molecule has 0 bridgehead atoms. The summed E-state index contributed by atoms with van der Waals surface area (Å²) in [6.07, 6.45) is 0.836. The number of thiophene rings is 1. The van der Waals surface area contributed by atoms with Gasteiger partial charge in [-0.2, -0.15) is 0 Å². The largest absolute Gasteiger partial charge is 0.449 e. The van der Waals surface area contributed by atoms with Gasteiger partial charge in [-0.15, -0.1) is 22.7 Å².